The summed E-state index contributed by atoms with van der Waals surface area (Å²) in [7, 11) is 0. The molecule has 0 aliphatic carbocycles. The van der Waals surface area contributed by atoms with E-state index in [1.54, 1.807) is 35.3 Å². The first-order valence-corrected chi connectivity index (χ1v) is 4.75. The van der Waals surface area contributed by atoms with E-state index in [9.17, 15) is 4.39 Å². The maximum Gasteiger partial charge on any atom is 0.187 e. The highest BCUT2D eigenvalue weighted by Gasteiger charge is 2.07. The van der Waals surface area contributed by atoms with Crippen LogP contribution in [0.3, 0.4) is 0 Å². The summed E-state index contributed by atoms with van der Waals surface area (Å²) in [5.74, 6) is -0.291. The Labute approximate surface area is 90.4 Å². The fourth-order valence-corrected chi connectivity index (χ4v) is 1.60. The average Bonchev–Trinajstić information content (AvgIpc) is 2.76. The van der Waals surface area contributed by atoms with Crippen LogP contribution < -0.4 is 0 Å². The molecule has 3 rings (SSSR count). The van der Waals surface area contributed by atoms with Gasteiger partial charge in [-0.2, -0.15) is 0 Å². The van der Waals surface area contributed by atoms with E-state index in [4.69, 9.17) is 0 Å². The molecule has 0 unspecified atom stereocenters. The zero-order valence-corrected chi connectivity index (χ0v) is 8.21. The fraction of sp³-hybridized carbons (Fsp3) is 0. The van der Waals surface area contributed by atoms with Gasteiger partial charge in [0.2, 0.25) is 0 Å². The minimum absolute atomic E-state index is 0.291. The van der Waals surface area contributed by atoms with Crippen LogP contribution in [0.15, 0.2) is 43.0 Å². The molecule has 2 heterocycles. The van der Waals surface area contributed by atoms with Gasteiger partial charge in [-0.1, -0.05) is 12.1 Å². The minimum atomic E-state index is -0.291. The number of nitrogens with zero attached hydrogens (tertiary/aromatic N) is 4. The van der Waals surface area contributed by atoms with Crippen molar-refractivity contribution in [2.24, 2.45) is 0 Å². The molecule has 4 nitrogen and oxygen atoms in total. The smallest absolute Gasteiger partial charge is 0.187 e. The maximum absolute atomic E-state index is 13.1. The number of fused-ring (bicyclic) bond motifs is 1. The molecule has 0 saturated carbocycles. The summed E-state index contributed by atoms with van der Waals surface area (Å²) in [6.45, 7) is 0. The predicted octanol–water partition coefficient (Wildman–Crippen LogP) is 1.93. The molecule has 78 valence electrons. The summed E-state index contributed by atoms with van der Waals surface area (Å²) in [5, 5.41) is 7.74. The van der Waals surface area contributed by atoms with Crippen molar-refractivity contribution in [2.75, 3.05) is 0 Å². The molecular formula is C11H7FN4. The van der Waals surface area contributed by atoms with Crippen molar-refractivity contribution in [1.82, 2.24) is 19.6 Å². The lowest BCUT2D eigenvalue weighted by Gasteiger charge is -2.01. The first kappa shape index (κ1) is 8.96. The van der Waals surface area contributed by atoms with Crippen molar-refractivity contribution >= 4 is 5.65 Å². The van der Waals surface area contributed by atoms with Crippen LogP contribution in [-0.4, -0.2) is 19.6 Å². The van der Waals surface area contributed by atoms with Gasteiger partial charge in [-0.15, -0.1) is 10.2 Å². The van der Waals surface area contributed by atoms with Gasteiger partial charge in [0.05, 0.1) is 0 Å². The molecule has 2 aromatic heterocycles. The minimum Gasteiger partial charge on any atom is -0.286 e. The zero-order valence-electron chi connectivity index (χ0n) is 8.21. The maximum atomic E-state index is 13.1. The summed E-state index contributed by atoms with van der Waals surface area (Å²) >= 11 is 0. The Morgan fingerprint density at radius 1 is 1.25 bits per heavy atom. The summed E-state index contributed by atoms with van der Waals surface area (Å²) in [5.41, 5.74) is 1.94. The number of hydrogen-bond acceptors (Lipinski definition) is 3. The highest BCUT2D eigenvalue weighted by Crippen LogP contribution is 2.20. The van der Waals surface area contributed by atoms with Gasteiger partial charge in [0.1, 0.15) is 17.8 Å². The molecule has 0 aliphatic heterocycles. The van der Waals surface area contributed by atoms with Crippen molar-refractivity contribution in [3.8, 4) is 11.3 Å². The van der Waals surface area contributed by atoms with Crippen LogP contribution in [0.4, 0.5) is 4.39 Å². The number of aromatic nitrogens is 4. The molecule has 0 aliphatic rings. The molecule has 0 bridgehead atoms. The van der Waals surface area contributed by atoms with Gasteiger partial charge in [-0.05, 0) is 12.1 Å². The van der Waals surface area contributed by atoms with Gasteiger partial charge in [0.25, 0.3) is 0 Å². The van der Waals surface area contributed by atoms with E-state index in [-0.39, 0.29) is 5.82 Å². The van der Waals surface area contributed by atoms with Crippen LogP contribution in [0.5, 0.6) is 0 Å². The summed E-state index contributed by atoms with van der Waals surface area (Å²) in [4.78, 5) is 4.20. The van der Waals surface area contributed by atoms with Gasteiger partial charge >= 0.3 is 0 Å². The highest BCUT2D eigenvalue weighted by molar-refractivity contribution is 5.72. The third-order valence-corrected chi connectivity index (χ3v) is 2.31. The average molecular weight is 214 g/mol. The molecule has 1 aromatic carbocycles. The first-order valence-electron chi connectivity index (χ1n) is 4.75. The third-order valence-electron chi connectivity index (χ3n) is 2.31. The van der Waals surface area contributed by atoms with Crippen molar-refractivity contribution in [3.05, 3.63) is 48.8 Å². The third kappa shape index (κ3) is 1.33. The normalized spacial score (nSPS) is 10.8. The van der Waals surface area contributed by atoms with Gasteiger partial charge in [-0.25, -0.2) is 4.39 Å². The molecule has 0 atom stereocenters. The van der Waals surface area contributed by atoms with Gasteiger partial charge in [0.15, 0.2) is 5.65 Å². The monoisotopic (exact) mass is 214 g/mol. The second-order valence-electron chi connectivity index (χ2n) is 3.35. The SMILES string of the molecule is Fc1cccc(-c2nccn3cnnc23)c1. The molecule has 0 fully saturated rings. The lowest BCUT2D eigenvalue weighted by atomic mass is 10.1. The van der Waals surface area contributed by atoms with Crippen molar-refractivity contribution in [3.63, 3.8) is 0 Å². The van der Waals surface area contributed by atoms with E-state index in [0.29, 0.717) is 16.9 Å². The Morgan fingerprint density at radius 2 is 2.19 bits per heavy atom. The second-order valence-corrected chi connectivity index (χ2v) is 3.35. The van der Waals surface area contributed by atoms with Crippen molar-refractivity contribution < 1.29 is 4.39 Å². The standard InChI is InChI=1S/C11H7FN4/c12-9-3-1-2-8(6-9)10-11-15-14-7-16(11)5-4-13-10/h1-7H. The molecule has 3 aromatic rings. The molecule has 0 radical (unpaired) electrons. The number of hydrogen-bond donors (Lipinski definition) is 0. The van der Waals surface area contributed by atoms with Crippen LogP contribution in [0.1, 0.15) is 0 Å². The highest BCUT2D eigenvalue weighted by atomic mass is 19.1. The molecule has 0 amide bonds. The number of rotatable bonds is 1. The Kier molecular flexibility index (Phi) is 1.89. The van der Waals surface area contributed by atoms with Gasteiger partial charge in [-0.3, -0.25) is 9.38 Å². The second kappa shape index (κ2) is 3.37. The summed E-state index contributed by atoms with van der Waals surface area (Å²) < 4.78 is 14.9. The molecule has 0 saturated heterocycles. The predicted molar refractivity (Wildman–Crippen MR) is 56.2 cm³/mol. The van der Waals surface area contributed by atoms with Crippen LogP contribution in [0.2, 0.25) is 0 Å². The van der Waals surface area contributed by atoms with E-state index in [1.165, 1.54) is 12.1 Å². The molecular weight excluding hydrogens is 207 g/mol. The Morgan fingerprint density at radius 3 is 3.06 bits per heavy atom. The lowest BCUT2D eigenvalue weighted by molar-refractivity contribution is 0.628. The molecule has 16 heavy (non-hydrogen) atoms. The van der Waals surface area contributed by atoms with Crippen molar-refractivity contribution in [1.29, 1.82) is 0 Å². The van der Waals surface area contributed by atoms with E-state index in [1.807, 2.05) is 0 Å². The van der Waals surface area contributed by atoms with E-state index < -0.39 is 0 Å². The van der Waals surface area contributed by atoms with Gasteiger partial charge in [0, 0.05) is 18.0 Å². The molecule has 0 spiro atoms. The number of halogens is 1. The Hall–Kier alpha value is -2.30. The van der Waals surface area contributed by atoms with E-state index in [0.717, 1.165) is 0 Å². The fourth-order valence-electron chi connectivity index (χ4n) is 1.60. The molecule has 5 heteroatoms. The first-order chi connectivity index (χ1) is 7.84. The van der Waals surface area contributed by atoms with E-state index >= 15 is 0 Å². The van der Waals surface area contributed by atoms with Crippen LogP contribution in [-0.2, 0) is 0 Å². The largest absolute Gasteiger partial charge is 0.286 e. The van der Waals surface area contributed by atoms with Crippen LogP contribution in [0, 0.1) is 5.82 Å². The van der Waals surface area contributed by atoms with Gasteiger partial charge < -0.3 is 0 Å². The Balaban J connectivity index is 2.29. The molecule has 0 N–H and O–H groups in total. The quantitative estimate of drug-likeness (QED) is 0.621. The number of benzene rings is 1. The van der Waals surface area contributed by atoms with E-state index in [2.05, 4.69) is 15.2 Å². The summed E-state index contributed by atoms with van der Waals surface area (Å²) in [6, 6.07) is 6.26. The zero-order chi connectivity index (χ0) is 11.0. The topological polar surface area (TPSA) is 43.1 Å². The summed E-state index contributed by atoms with van der Waals surface area (Å²) in [6.07, 6.45) is 4.97. The van der Waals surface area contributed by atoms with Crippen LogP contribution >= 0.6 is 0 Å². The van der Waals surface area contributed by atoms with Crippen molar-refractivity contribution in [2.45, 2.75) is 0 Å². The Bertz CT molecular complexity index is 647. The van der Waals surface area contributed by atoms with Crippen LogP contribution in [0.25, 0.3) is 16.9 Å². The lowest BCUT2D eigenvalue weighted by Crippen LogP contribution is -1.91.